The Bertz CT molecular complexity index is 1620. The number of carboxylic acid groups (broad SMARTS) is 1. The molecule has 10 nitrogen and oxygen atoms in total. The van der Waals surface area contributed by atoms with Crippen LogP contribution in [0, 0.1) is 6.92 Å². The molecule has 1 aliphatic carbocycles. The monoisotopic (exact) mass is 614 g/mol. The molecule has 2 aromatic carbocycles. The lowest BCUT2D eigenvalue weighted by Gasteiger charge is -2.29. The molecule has 0 bridgehead atoms. The molecule has 2 amide bonds. The Hall–Kier alpha value is -4.96. The first-order chi connectivity index (χ1) is 21.2. The van der Waals surface area contributed by atoms with Crippen LogP contribution in [0.3, 0.4) is 0 Å². The number of carbonyl (C=O) groups excluding carboxylic acids is 2. The van der Waals surface area contributed by atoms with Crippen molar-refractivity contribution in [3.63, 3.8) is 0 Å². The van der Waals surface area contributed by atoms with Crippen molar-refractivity contribution in [2.75, 3.05) is 5.32 Å². The van der Waals surface area contributed by atoms with E-state index in [0.29, 0.717) is 33.6 Å². The van der Waals surface area contributed by atoms with E-state index in [0.717, 1.165) is 31.4 Å². The van der Waals surface area contributed by atoms with Crippen LogP contribution in [0.15, 0.2) is 79.0 Å². The number of nitrogens with zero attached hydrogens (tertiary/aromatic N) is 2. The molecule has 1 aliphatic rings. The highest BCUT2D eigenvalue weighted by molar-refractivity contribution is 6.29. The summed E-state index contributed by atoms with van der Waals surface area (Å²) in [6.45, 7) is 1.80. The smallest absolute Gasteiger partial charge is 0.337 e. The van der Waals surface area contributed by atoms with Gasteiger partial charge in [0.15, 0.2) is 0 Å². The van der Waals surface area contributed by atoms with Crippen LogP contribution in [0.4, 0.5) is 5.69 Å². The number of rotatable bonds is 10. The molecule has 0 aliphatic heterocycles. The number of ether oxygens (including phenoxy) is 2. The summed E-state index contributed by atoms with van der Waals surface area (Å²) in [5, 5.41) is 15.3. The molecular weight excluding hydrogens is 584 g/mol. The lowest BCUT2D eigenvalue weighted by Crippen LogP contribution is -2.39. The molecule has 4 aromatic rings. The average molecular weight is 615 g/mol. The normalized spacial score (nSPS) is 16.0. The Kier molecular flexibility index (Phi) is 9.71. The third kappa shape index (κ3) is 8.32. The van der Waals surface area contributed by atoms with E-state index in [1.807, 2.05) is 12.1 Å². The second kappa shape index (κ2) is 14.0. The Morgan fingerprint density at radius 1 is 0.955 bits per heavy atom. The number of hydrogen-bond donors (Lipinski definition) is 3. The summed E-state index contributed by atoms with van der Waals surface area (Å²) in [5.74, 6) is 0.0597. The van der Waals surface area contributed by atoms with Gasteiger partial charge < -0.3 is 25.2 Å². The van der Waals surface area contributed by atoms with E-state index < -0.39 is 5.97 Å². The van der Waals surface area contributed by atoms with Gasteiger partial charge in [0.05, 0.1) is 23.8 Å². The van der Waals surface area contributed by atoms with Gasteiger partial charge >= 0.3 is 5.97 Å². The fraction of sp³-hybridized carbons (Fsp3) is 0.242. The Morgan fingerprint density at radius 3 is 2.36 bits per heavy atom. The topological polar surface area (TPSA) is 140 Å². The molecule has 0 radical (unpaired) electrons. The number of aromatic carboxylic acids is 1. The van der Waals surface area contributed by atoms with Crippen LogP contribution in [-0.2, 0) is 11.2 Å². The standard InChI is InChI=1S/C33H31ClN4O6/c1-20-16-22(18-29(34)36-20)32(40)37-23-7-9-24(10-8-23)43-25-11-13-26(14-12-25)44-31-15-6-21(19-35-31)17-30(39)38-28-5-3-2-4-27(28)33(41)42/h2-6,11-16,18-19,23-24H,7-10,17H2,1H3,(H,37,40)(H,38,39)(H,41,42). The molecule has 2 heterocycles. The zero-order chi connectivity index (χ0) is 31.1. The van der Waals surface area contributed by atoms with Gasteiger partial charge in [-0.3, -0.25) is 9.59 Å². The van der Waals surface area contributed by atoms with Crippen molar-refractivity contribution in [2.24, 2.45) is 0 Å². The highest BCUT2D eigenvalue weighted by atomic mass is 35.5. The van der Waals surface area contributed by atoms with E-state index in [2.05, 4.69) is 20.6 Å². The summed E-state index contributed by atoms with van der Waals surface area (Å²) >= 11 is 5.99. The second-order valence-electron chi connectivity index (χ2n) is 10.5. The molecule has 0 unspecified atom stereocenters. The van der Waals surface area contributed by atoms with Gasteiger partial charge in [-0.2, -0.15) is 0 Å². The predicted octanol–water partition coefficient (Wildman–Crippen LogP) is 6.23. The molecule has 44 heavy (non-hydrogen) atoms. The fourth-order valence-corrected chi connectivity index (χ4v) is 5.24. The average Bonchev–Trinajstić information content (AvgIpc) is 3.00. The summed E-state index contributed by atoms with van der Waals surface area (Å²) in [6, 6.07) is 20.3. The van der Waals surface area contributed by atoms with Crippen molar-refractivity contribution in [1.29, 1.82) is 0 Å². The summed E-state index contributed by atoms with van der Waals surface area (Å²) in [5.41, 5.74) is 2.13. The number of hydrogen-bond acceptors (Lipinski definition) is 7. The van der Waals surface area contributed by atoms with Gasteiger partial charge in [0.25, 0.3) is 5.91 Å². The van der Waals surface area contributed by atoms with Crippen molar-refractivity contribution < 1.29 is 29.0 Å². The quantitative estimate of drug-likeness (QED) is 0.179. The van der Waals surface area contributed by atoms with Gasteiger partial charge in [-0.15, -0.1) is 0 Å². The lowest BCUT2D eigenvalue weighted by atomic mass is 9.92. The van der Waals surface area contributed by atoms with Crippen molar-refractivity contribution in [2.45, 2.75) is 51.2 Å². The van der Waals surface area contributed by atoms with E-state index >= 15 is 0 Å². The summed E-state index contributed by atoms with van der Waals surface area (Å²) < 4.78 is 12.0. The molecule has 1 fully saturated rings. The maximum absolute atomic E-state index is 12.6. The summed E-state index contributed by atoms with van der Waals surface area (Å²) in [6.07, 6.45) is 4.89. The zero-order valence-corrected chi connectivity index (χ0v) is 24.7. The maximum Gasteiger partial charge on any atom is 0.337 e. The molecular formula is C33H31ClN4O6. The van der Waals surface area contributed by atoms with E-state index in [-0.39, 0.29) is 41.6 Å². The highest BCUT2D eigenvalue weighted by Crippen LogP contribution is 2.27. The van der Waals surface area contributed by atoms with Gasteiger partial charge in [0.2, 0.25) is 11.8 Å². The van der Waals surface area contributed by atoms with Crippen molar-refractivity contribution in [3.05, 3.63) is 107 Å². The van der Waals surface area contributed by atoms with E-state index in [4.69, 9.17) is 21.1 Å². The molecule has 0 spiro atoms. The number of carbonyl (C=O) groups is 3. The second-order valence-corrected chi connectivity index (χ2v) is 10.9. The highest BCUT2D eigenvalue weighted by Gasteiger charge is 2.24. The number of carboxylic acids is 1. The number of aromatic nitrogens is 2. The van der Waals surface area contributed by atoms with Crippen LogP contribution in [-0.4, -0.2) is 45.0 Å². The van der Waals surface area contributed by atoms with Crippen molar-refractivity contribution in [1.82, 2.24) is 15.3 Å². The van der Waals surface area contributed by atoms with Crippen LogP contribution < -0.4 is 20.1 Å². The van der Waals surface area contributed by atoms with Crippen molar-refractivity contribution >= 4 is 35.1 Å². The molecule has 5 rings (SSSR count). The SMILES string of the molecule is Cc1cc(C(=O)NC2CCC(Oc3ccc(Oc4ccc(CC(=O)Nc5ccccc5C(=O)O)cn4)cc3)CC2)cc(Cl)n1. The first-order valence-electron chi connectivity index (χ1n) is 14.2. The van der Waals surface area contributed by atoms with Crippen LogP contribution in [0.5, 0.6) is 17.4 Å². The van der Waals surface area contributed by atoms with E-state index in [1.54, 1.807) is 67.7 Å². The molecule has 1 saturated carbocycles. The maximum atomic E-state index is 12.6. The minimum atomic E-state index is -1.11. The minimum Gasteiger partial charge on any atom is -0.490 e. The van der Waals surface area contributed by atoms with Crippen LogP contribution in [0.1, 0.15) is 57.7 Å². The largest absolute Gasteiger partial charge is 0.490 e. The van der Waals surface area contributed by atoms with Gasteiger partial charge in [0.1, 0.15) is 16.7 Å². The van der Waals surface area contributed by atoms with Crippen LogP contribution >= 0.6 is 11.6 Å². The van der Waals surface area contributed by atoms with Gasteiger partial charge in [-0.25, -0.2) is 14.8 Å². The van der Waals surface area contributed by atoms with E-state index in [1.165, 1.54) is 6.07 Å². The van der Waals surface area contributed by atoms with Gasteiger partial charge in [-0.05, 0) is 86.7 Å². The molecule has 0 atom stereocenters. The fourth-order valence-electron chi connectivity index (χ4n) is 4.99. The third-order valence-corrected chi connectivity index (χ3v) is 7.33. The van der Waals surface area contributed by atoms with Crippen LogP contribution in [0.2, 0.25) is 5.15 Å². The number of benzene rings is 2. The first-order valence-corrected chi connectivity index (χ1v) is 14.6. The number of aryl methyl sites for hydroxylation is 1. The number of halogens is 1. The first kappa shape index (κ1) is 30.5. The lowest BCUT2D eigenvalue weighted by molar-refractivity contribution is -0.115. The Labute approximate surface area is 259 Å². The van der Waals surface area contributed by atoms with Gasteiger partial charge in [0, 0.05) is 29.6 Å². The van der Waals surface area contributed by atoms with Crippen LogP contribution in [0.25, 0.3) is 0 Å². The molecule has 0 saturated heterocycles. The predicted molar refractivity (Wildman–Crippen MR) is 165 cm³/mol. The summed E-state index contributed by atoms with van der Waals surface area (Å²) in [7, 11) is 0. The molecule has 11 heteroatoms. The number of amides is 2. The zero-order valence-electron chi connectivity index (χ0n) is 24.0. The minimum absolute atomic E-state index is 0.0239. The molecule has 2 aromatic heterocycles. The number of pyridine rings is 2. The number of para-hydroxylation sites is 1. The van der Waals surface area contributed by atoms with E-state index in [9.17, 15) is 19.5 Å². The summed E-state index contributed by atoms with van der Waals surface area (Å²) in [4.78, 5) is 44.8. The number of nitrogens with one attached hydrogen (secondary N) is 2. The van der Waals surface area contributed by atoms with Crippen molar-refractivity contribution in [3.8, 4) is 17.4 Å². The Balaban J connectivity index is 1.06. The molecule has 3 N–H and O–H groups in total. The van der Waals surface area contributed by atoms with Gasteiger partial charge in [-0.1, -0.05) is 29.8 Å². The molecule has 226 valence electrons. The Morgan fingerprint density at radius 2 is 1.68 bits per heavy atom. The number of anilines is 1. The third-order valence-electron chi connectivity index (χ3n) is 7.14.